The smallest absolute Gasteiger partial charge is 0.180 e. The fourth-order valence-electron chi connectivity index (χ4n) is 2.87. The van der Waals surface area contributed by atoms with E-state index < -0.39 is 5.82 Å². The van der Waals surface area contributed by atoms with E-state index in [-0.39, 0.29) is 28.6 Å². The highest BCUT2D eigenvalue weighted by Crippen LogP contribution is 2.38. The Balaban J connectivity index is 1.94. The third-order valence-electron chi connectivity index (χ3n) is 4.20. The number of allylic oxidation sites excluding steroid dienone is 1. The van der Waals surface area contributed by atoms with Crippen molar-refractivity contribution in [3.63, 3.8) is 0 Å². The molecule has 0 saturated heterocycles. The molecule has 3 aromatic carbocycles. The van der Waals surface area contributed by atoms with Crippen LogP contribution in [0, 0.1) is 23.0 Å². The lowest BCUT2D eigenvalue weighted by Crippen LogP contribution is -2.01. The van der Waals surface area contributed by atoms with Crippen molar-refractivity contribution in [3.05, 3.63) is 94.0 Å². The van der Waals surface area contributed by atoms with Gasteiger partial charge < -0.3 is 9.47 Å². The number of halogens is 3. The highest BCUT2D eigenvalue weighted by Gasteiger charge is 2.14. The second-order valence-electron chi connectivity index (χ2n) is 6.33. The van der Waals surface area contributed by atoms with Gasteiger partial charge in [-0.15, -0.1) is 0 Å². The molecule has 152 valence electrons. The van der Waals surface area contributed by atoms with Gasteiger partial charge in [-0.2, -0.15) is 5.26 Å². The zero-order chi connectivity index (χ0) is 21.5. The van der Waals surface area contributed by atoms with E-state index in [1.54, 1.807) is 36.4 Å². The van der Waals surface area contributed by atoms with E-state index in [1.165, 1.54) is 30.3 Å². The van der Waals surface area contributed by atoms with Crippen molar-refractivity contribution >= 4 is 23.3 Å². The quantitative estimate of drug-likeness (QED) is 0.314. The molecule has 0 unspecified atom stereocenters. The maximum Gasteiger partial charge on any atom is 0.180 e. The number of nitrogens with zero attached hydrogens (tertiary/aromatic N) is 1. The minimum atomic E-state index is -0.489. The van der Waals surface area contributed by atoms with Crippen LogP contribution < -0.4 is 9.47 Å². The number of nitriles is 1. The van der Waals surface area contributed by atoms with E-state index in [2.05, 4.69) is 0 Å². The van der Waals surface area contributed by atoms with E-state index >= 15 is 0 Å². The van der Waals surface area contributed by atoms with E-state index in [0.29, 0.717) is 29.2 Å². The van der Waals surface area contributed by atoms with Gasteiger partial charge in [-0.25, -0.2) is 8.78 Å². The first kappa shape index (κ1) is 21.4. The van der Waals surface area contributed by atoms with Crippen LogP contribution in [-0.4, -0.2) is 6.61 Å². The molecule has 0 aliphatic carbocycles. The molecule has 0 aromatic heterocycles. The molecule has 0 N–H and O–H groups in total. The minimum Gasteiger partial charge on any atom is -0.490 e. The van der Waals surface area contributed by atoms with Crippen LogP contribution in [-0.2, 0) is 6.61 Å². The van der Waals surface area contributed by atoms with Gasteiger partial charge >= 0.3 is 0 Å². The standard InChI is InChI=1S/C24H18ClF2NO2/c1-2-29-23-13-17(10-18(14-28)20-8-3-4-9-22(20)27)12-21(25)24(23)30-15-16-6-5-7-19(26)11-16/h3-13H,2,15H2,1H3/b18-10-. The molecule has 0 atom stereocenters. The number of hydrogen-bond donors (Lipinski definition) is 0. The summed E-state index contributed by atoms with van der Waals surface area (Å²) in [7, 11) is 0. The van der Waals surface area contributed by atoms with Crippen LogP contribution >= 0.6 is 11.6 Å². The number of rotatable bonds is 7. The lowest BCUT2D eigenvalue weighted by atomic mass is 10.0. The SMILES string of the molecule is CCOc1cc(/C=C(/C#N)c2ccccc2F)cc(Cl)c1OCc1cccc(F)c1. The summed E-state index contributed by atoms with van der Waals surface area (Å²) in [6.45, 7) is 2.27. The maximum atomic E-state index is 14.1. The summed E-state index contributed by atoms with van der Waals surface area (Å²) in [5, 5.41) is 9.75. The molecule has 0 aliphatic rings. The van der Waals surface area contributed by atoms with Crippen molar-refractivity contribution in [2.24, 2.45) is 0 Å². The summed E-state index contributed by atoms with van der Waals surface area (Å²) in [5.74, 6) is -0.163. The predicted molar refractivity (Wildman–Crippen MR) is 113 cm³/mol. The maximum absolute atomic E-state index is 14.1. The van der Waals surface area contributed by atoms with Crippen molar-refractivity contribution in [1.82, 2.24) is 0 Å². The molecule has 3 nitrogen and oxygen atoms in total. The highest BCUT2D eigenvalue weighted by molar-refractivity contribution is 6.32. The van der Waals surface area contributed by atoms with E-state index in [1.807, 2.05) is 13.0 Å². The Morgan fingerprint density at radius 1 is 1.07 bits per heavy atom. The lowest BCUT2D eigenvalue weighted by Gasteiger charge is -2.15. The summed E-state index contributed by atoms with van der Waals surface area (Å²) in [5.41, 5.74) is 1.55. The Morgan fingerprint density at radius 2 is 1.87 bits per heavy atom. The third-order valence-corrected chi connectivity index (χ3v) is 4.48. The van der Waals surface area contributed by atoms with Gasteiger partial charge in [0.1, 0.15) is 18.2 Å². The van der Waals surface area contributed by atoms with Crippen molar-refractivity contribution in [2.75, 3.05) is 6.61 Å². The first-order valence-corrected chi connectivity index (χ1v) is 9.60. The molecule has 0 fully saturated rings. The number of hydrogen-bond acceptors (Lipinski definition) is 3. The fraction of sp³-hybridized carbons (Fsp3) is 0.125. The molecule has 0 bridgehead atoms. The fourth-order valence-corrected chi connectivity index (χ4v) is 3.15. The Hall–Kier alpha value is -3.36. The Bertz CT molecular complexity index is 1120. The zero-order valence-corrected chi connectivity index (χ0v) is 16.9. The summed E-state index contributed by atoms with van der Waals surface area (Å²) < 4.78 is 38.9. The molecule has 3 aromatic rings. The van der Waals surface area contributed by atoms with Crippen molar-refractivity contribution in [2.45, 2.75) is 13.5 Å². The minimum absolute atomic E-state index is 0.103. The van der Waals surface area contributed by atoms with Crippen LogP contribution in [0.4, 0.5) is 8.78 Å². The molecule has 0 spiro atoms. The second kappa shape index (κ2) is 9.91. The van der Waals surface area contributed by atoms with Crippen LogP contribution in [0.2, 0.25) is 5.02 Å². The van der Waals surface area contributed by atoms with Gasteiger partial charge in [0.15, 0.2) is 11.5 Å². The molecule has 30 heavy (non-hydrogen) atoms. The van der Waals surface area contributed by atoms with E-state index in [9.17, 15) is 14.0 Å². The van der Waals surface area contributed by atoms with E-state index in [4.69, 9.17) is 21.1 Å². The molecule has 0 amide bonds. The molecular formula is C24H18ClF2NO2. The topological polar surface area (TPSA) is 42.2 Å². The van der Waals surface area contributed by atoms with Gasteiger partial charge in [-0.05, 0) is 54.5 Å². The molecule has 0 aliphatic heterocycles. The second-order valence-corrected chi connectivity index (χ2v) is 6.74. The van der Waals surface area contributed by atoms with Gasteiger partial charge in [0, 0.05) is 5.56 Å². The van der Waals surface area contributed by atoms with Crippen molar-refractivity contribution in [3.8, 4) is 17.6 Å². The summed E-state index contributed by atoms with van der Waals surface area (Å²) in [4.78, 5) is 0. The predicted octanol–water partition coefficient (Wildman–Crippen LogP) is 6.66. The molecule has 6 heteroatoms. The van der Waals surface area contributed by atoms with Crippen LogP contribution in [0.25, 0.3) is 11.6 Å². The number of benzene rings is 3. The lowest BCUT2D eigenvalue weighted by molar-refractivity contribution is 0.269. The Morgan fingerprint density at radius 3 is 2.57 bits per heavy atom. The van der Waals surface area contributed by atoms with Crippen molar-refractivity contribution < 1.29 is 18.3 Å². The highest BCUT2D eigenvalue weighted by atomic mass is 35.5. The van der Waals surface area contributed by atoms with Crippen LogP contribution in [0.3, 0.4) is 0 Å². The summed E-state index contributed by atoms with van der Waals surface area (Å²) in [6.07, 6.45) is 1.53. The Labute approximate surface area is 178 Å². The molecular weight excluding hydrogens is 408 g/mol. The van der Waals surface area contributed by atoms with E-state index in [0.717, 1.165) is 0 Å². The number of ether oxygens (including phenoxy) is 2. The summed E-state index contributed by atoms with van der Waals surface area (Å²) in [6, 6.07) is 17.4. The van der Waals surface area contributed by atoms with Crippen LogP contribution in [0.1, 0.15) is 23.6 Å². The van der Waals surface area contributed by atoms with Gasteiger partial charge in [0.05, 0.1) is 23.3 Å². The molecule has 3 rings (SSSR count). The van der Waals surface area contributed by atoms with Crippen LogP contribution in [0.15, 0.2) is 60.7 Å². The first-order chi connectivity index (χ1) is 14.5. The van der Waals surface area contributed by atoms with Crippen LogP contribution in [0.5, 0.6) is 11.5 Å². The zero-order valence-electron chi connectivity index (χ0n) is 16.2. The third kappa shape index (κ3) is 5.16. The molecule has 0 saturated carbocycles. The monoisotopic (exact) mass is 425 g/mol. The Kier molecular flexibility index (Phi) is 7.05. The van der Waals surface area contributed by atoms with Gasteiger partial charge in [-0.3, -0.25) is 0 Å². The largest absolute Gasteiger partial charge is 0.490 e. The van der Waals surface area contributed by atoms with Gasteiger partial charge in [-0.1, -0.05) is 41.9 Å². The first-order valence-electron chi connectivity index (χ1n) is 9.22. The average molecular weight is 426 g/mol. The summed E-state index contributed by atoms with van der Waals surface area (Å²) >= 11 is 6.41. The van der Waals surface area contributed by atoms with Gasteiger partial charge in [0.2, 0.25) is 0 Å². The van der Waals surface area contributed by atoms with Crippen molar-refractivity contribution in [1.29, 1.82) is 5.26 Å². The molecule has 0 heterocycles. The molecule has 0 radical (unpaired) electrons. The normalized spacial score (nSPS) is 11.1. The average Bonchev–Trinajstić information content (AvgIpc) is 2.72. The van der Waals surface area contributed by atoms with Gasteiger partial charge in [0.25, 0.3) is 0 Å².